The van der Waals surface area contributed by atoms with E-state index < -0.39 is 0 Å². The van der Waals surface area contributed by atoms with Gasteiger partial charge in [0.2, 0.25) is 0 Å². The minimum Gasteiger partial charge on any atom is -0.497 e. The highest BCUT2D eigenvalue weighted by Gasteiger charge is 2.09. The van der Waals surface area contributed by atoms with Crippen LogP contribution in [0.15, 0.2) is 47.5 Å². The molecule has 0 bridgehead atoms. The van der Waals surface area contributed by atoms with Crippen LogP contribution in [0.2, 0.25) is 0 Å². The number of hydrogen-bond acceptors (Lipinski definition) is 4. The van der Waals surface area contributed by atoms with Crippen molar-refractivity contribution in [3.05, 3.63) is 59.3 Å². The lowest BCUT2D eigenvalue weighted by molar-refractivity contribution is 0.398. The fourth-order valence-corrected chi connectivity index (χ4v) is 3.25. The maximum atomic E-state index is 8.87. The van der Waals surface area contributed by atoms with Gasteiger partial charge in [-0.25, -0.2) is 0 Å². The van der Waals surface area contributed by atoms with Crippen LogP contribution in [-0.4, -0.2) is 38.8 Å². The van der Waals surface area contributed by atoms with Crippen molar-refractivity contribution in [1.29, 1.82) is 5.26 Å². The van der Waals surface area contributed by atoms with E-state index in [4.69, 9.17) is 14.7 Å². The van der Waals surface area contributed by atoms with E-state index in [1.54, 1.807) is 21.3 Å². The number of nitrogens with one attached hydrogen (secondary N) is 3. The van der Waals surface area contributed by atoms with Crippen LogP contribution < -0.4 is 20.1 Å². The first kappa shape index (κ1) is 21.1. The molecular weight excluding hydrogens is 378 g/mol. The molecule has 0 radical (unpaired) electrons. The molecule has 3 aromatic rings. The zero-order chi connectivity index (χ0) is 21.3. The third-order valence-electron chi connectivity index (χ3n) is 4.87. The van der Waals surface area contributed by atoms with Gasteiger partial charge < -0.3 is 25.1 Å². The van der Waals surface area contributed by atoms with Crippen LogP contribution in [0.25, 0.3) is 10.9 Å². The van der Waals surface area contributed by atoms with Gasteiger partial charge in [-0.2, -0.15) is 5.26 Å². The van der Waals surface area contributed by atoms with Gasteiger partial charge in [-0.3, -0.25) is 4.99 Å². The number of H-pyrrole nitrogens is 1. The van der Waals surface area contributed by atoms with Crippen molar-refractivity contribution in [2.75, 3.05) is 27.8 Å². The van der Waals surface area contributed by atoms with E-state index in [2.05, 4.69) is 32.7 Å². The summed E-state index contributed by atoms with van der Waals surface area (Å²) < 4.78 is 10.8. The van der Waals surface area contributed by atoms with Crippen LogP contribution in [0, 0.1) is 11.3 Å². The van der Waals surface area contributed by atoms with E-state index in [-0.39, 0.29) is 0 Å². The fraction of sp³-hybridized carbons (Fsp3) is 0.304. The van der Waals surface area contributed by atoms with Crippen LogP contribution in [0.1, 0.15) is 23.2 Å². The highest BCUT2D eigenvalue weighted by atomic mass is 16.5. The van der Waals surface area contributed by atoms with Crippen molar-refractivity contribution in [2.24, 2.45) is 4.99 Å². The normalized spacial score (nSPS) is 11.2. The summed E-state index contributed by atoms with van der Waals surface area (Å²) in [7, 11) is 5.07. The zero-order valence-corrected chi connectivity index (χ0v) is 17.6. The van der Waals surface area contributed by atoms with Crippen molar-refractivity contribution in [3.8, 4) is 17.6 Å². The summed E-state index contributed by atoms with van der Waals surface area (Å²) in [6, 6.07) is 15.7. The fourth-order valence-electron chi connectivity index (χ4n) is 3.25. The van der Waals surface area contributed by atoms with Gasteiger partial charge in [0, 0.05) is 43.4 Å². The highest BCUT2D eigenvalue weighted by molar-refractivity contribution is 5.88. The first-order valence-electron chi connectivity index (χ1n) is 9.84. The Morgan fingerprint density at radius 1 is 1.10 bits per heavy atom. The van der Waals surface area contributed by atoms with Crippen molar-refractivity contribution >= 4 is 16.9 Å². The van der Waals surface area contributed by atoms with Crippen molar-refractivity contribution < 1.29 is 9.47 Å². The molecule has 0 saturated heterocycles. The number of ether oxygens (including phenoxy) is 2. The van der Waals surface area contributed by atoms with Crippen molar-refractivity contribution in [1.82, 2.24) is 15.6 Å². The predicted molar refractivity (Wildman–Crippen MR) is 119 cm³/mol. The molecule has 1 aromatic heterocycles. The molecule has 7 nitrogen and oxygen atoms in total. The molecule has 30 heavy (non-hydrogen) atoms. The third kappa shape index (κ3) is 5.23. The number of nitriles is 1. The van der Waals surface area contributed by atoms with E-state index in [0.717, 1.165) is 59.0 Å². The maximum Gasteiger partial charge on any atom is 0.191 e. The Morgan fingerprint density at radius 3 is 2.57 bits per heavy atom. The number of aromatic nitrogens is 1. The second-order valence-electron chi connectivity index (χ2n) is 6.85. The quantitative estimate of drug-likeness (QED) is 0.303. The Kier molecular flexibility index (Phi) is 7.17. The van der Waals surface area contributed by atoms with Gasteiger partial charge in [-0.05, 0) is 36.6 Å². The summed E-state index contributed by atoms with van der Waals surface area (Å²) in [5.74, 6) is 2.33. The van der Waals surface area contributed by atoms with Gasteiger partial charge in [-0.1, -0.05) is 12.1 Å². The standard InChI is InChI=1S/C23H27N5O2/c1-25-23(27-15-17-8-6-16(14-24)7-9-17)26-10-4-5-18-11-20-21(28-18)12-19(29-2)13-22(20)30-3/h6-9,11-13,28H,4-5,10,15H2,1-3H3,(H2,25,26,27). The first-order valence-corrected chi connectivity index (χ1v) is 9.84. The molecular formula is C23H27N5O2. The number of benzene rings is 2. The molecule has 1 heterocycles. The second-order valence-corrected chi connectivity index (χ2v) is 6.85. The predicted octanol–water partition coefficient (Wildman–Crippen LogP) is 3.35. The smallest absolute Gasteiger partial charge is 0.191 e. The number of hydrogen-bond donors (Lipinski definition) is 3. The molecule has 0 atom stereocenters. The first-order chi connectivity index (χ1) is 14.7. The number of aromatic amines is 1. The summed E-state index contributed by atoms with van der Waals surface area (Å²) in [5, 5.41) is 16.6. The van der Waals surface area contributed by atoms with Crippen LogP contribution in [-0.2, 0) is 13.0 Å². The van der Waals surface area contributed by atoms with Gasteiger partial charge >= 0.3 is 0 Å². The molecule has 0 unspecified atom stereocenters. The Bertz CT molecular complexity index is 1050. The van der Waals surface area contributed by atoms with Crippen molar-refractivity contribution in [2.45, 2.75) is 19.4 Å². The maximum absolute atomic E-state index is 8.87. The SMILES string of the molecule is CN=C(NCCCc1cc2c(OC)cc(OC)cc2[nH]1)NCc1ccc(C#N)cc1. The van der Waals surface area contributed by atoms with Gasteiger partial charge in [0.1, 0.15) is 11.5 Å². The van der Waals surface area contributed by atoms with E-state index in [0.29, 0.717) is 12.1 Å². The lowest BCUT2D eigenvalue weighted by Crippen LogP contribution is -2.37. The number of guanidine groups is 1. The lowest BCUT2D eigenvalue weighted by atomic mass is 10.1. The average molecular weight is 406 g/mol. The van der Waals surface area contributed by atoms with Crippen LogP contribution in [0.3, 0.4) is 0 Å². The van der Waals surface area contributed by atoms with E-state index in [1.165, 1.54) is 0 Å². The summed E-state index contributed by atoms with van der Waals surface area (Å²) in [5.41, 5.74) is 3.92. The molecule has 0 spiro atoms. The molecule has 3 N–H and O–H groups in total. The molecule has 0 aliphatic heterocycles. The number of nitrogens with zero attached hydrogens (tertiary/aromatic N) is 2. The average Bonchev–Trinajstić information content (AvgIpc) is 3.21. The van der Waals surface area contributed by atoms with Crippen LogP contribution >= 0.6 is 0 Å². The number of aryl methyl sites for hydroxylation is 1. The molecule has 0 saturated carbocycles. The highest BCUT2D eigenvalue weighted by Crippen LogP contribution is 2.31. The Hall–Kier alpha value is -3.66. The van der Waals surface area contributed by atoms with Crippen molar-refractivity contribution in [3.63, 3.8) is 0 Å². The Balaban J connectivity index is 1.49. The van der Waals surface area contributed by atoms with Gasteiger partial charge in [0.15, 0.2) is 5.96 Å². The van der Waals surface area contributed by atoms with E-state index in [1.807, 2.05) is 36.4 Å². The topological polar surface area (TPSA) is 94.5 Å². The molecule has 7 heteroatoms. The molecule has 2 aromatic carbocycles. The molecule has 0 aliphatic rings. The second kappa shape index (κ2) is 10.2. The van der Waals surface area contributed by atoms with Gasteiger partial charge in [-0.15, -0.1) is 0 Å². The van der Waals surface area contributed by atoms with Gasteiger partial charge in [0.05, 0.1) is 31.4 Å². The zero-order valence-electron chi connectivity index (χ0n) is 17.6. The molecule has 3 rings (SSSR count). The number of aliphatic imine (C=N–C) groups is 1. The molecule has 0 fully saturated rings. The summed E-state index contributed by atoms with van der Waals surface area (Å²) in [6.45, 7) is 1.44. The Labute approximate surface area is 176 Å². The minimum atomic E-state index is 0.648. The molecule has 0 amide bonds. The van der Waals surface area contributed by atoms with Crippen LogP contribution in [0.4, 0.5) is 0 Å². The molecule has 0 aliphatic carbocycles. The monoisotopic (exact) mass is 405 g/mol. The van der Waals surface area contributed by atoms with Gasteiger partial charge in [0.25, 0.3) is 0 Å². The van der Waals surface area contributed by atoms with E-state index in [9.17, 15) is 0 Å². The largest absolute Gasteiger partial charge is 0.497 e. The van der Waals surface area contributed by atoms with E-state index >= 15 is 0 Å². The summed E-state index contributed by atoms with van der Waals surface area (Å²) >= 11 is 0. The Morgan fingerprint density at radius 2 is 1.90 bits per heavy atom. The minimum absolute atomic E-state index is 0.648. The van der Waals surface area contributed by atoms with Crippen LogP contribution in [0.5, 0.6) is 11.5 Å². The molecule has 156 valence electrons. The number of fused-ring (bicyclic) bond motifs is 1. The summed E-state index contributed by atoms with van der Waals surface area (Å²) in [4.78, 5) is 7.71. The lowest BCUT2D eigenvalue weighted by Gasteiger charge is -2.11. The number of methoxy groups -OCH3 is 2. The number of rotatable bonds is 8. The third-order valence-corrected chi connectivity index (χ3v) is 4.87. The summed E-state index contributed by atoms with van der Waals surface area (Å²) in [6.07, 6.45) is 1.85.